The number of pyridine rings is 1. The minimum absolute atomic E-state index is 0.0652. The molecule has 1 saturated heterocycles. The molecule has 7 nitrogen and oxygen atoms in total. The SMILES string of the molecule is CN1CCN(C[C@@H](CC(=O)Nc2ccc(Cl)nc2)C(=O)O)CC1. The third kappa shape index (κ3) is 5.78. The van der Waals surface area contributed by atoms with Gasteiger partial charge in [-0.15, -0.1) is 0 Å². The Hall–Kier alpha value is -1.70. The minimum Gasteiger partial charge on any atom is -0.481 e. The van der Waals surface area contributed by atoms with Gasteiger partial charge in [0.2, 0.25) is 5.91 Å². The number of anilines is 1. The molecule has 0 saturated carbocycles. The van der Waals surface area contributed by atoms with E-state index in [1.165, 1.54) is 6.20 Å². The van der Waals surface area contributed by atoms with Gasteiger partial charge in [0.05, 0.1) is 17.8 Å². The third-order valence-corrected chi connectivity index (χ3v) is 4.09. The zero-order valence-corrected chi connectivity index (χ0v) is 13.8. The molecule has 1 atom stereocenters. The Bertz CT molecular complexity index is 544. The van der Waals surface area contributed by atoms with E-state index >= 15 is 0 Å². The van der Waals surface area contributed by atoms with Gasteiger partial charge >= 0.3 is 5.97 Å². The second kappa shape index (κ2) is 8.24. The van der Waals surface area contributed by atoms with Gasteiger partial charge in [-0.05, 0) is 19.2 Å². The number of rotatable bonds is 6. The molecule has 2 N–H and O–H groups in total. The standard InChI is InChI=1S/C15H21ClN4O3/c1-19-4-6-20(7-5-19)10-11(15(22)23)8-14(21)18-12-2-3-13(16)17-9-12/h2-3,9,11H,4-8,10H2,1H3,(H,18,21)(H,22,23)/t11-/m1/s1. The minimum atomic E-state index is -0.951. The molecule has 1 fully saturated rings. The summed E-state index contributed by atoms with van der Waals surface area (Å²) in [4.78, 5) is 31.6. The average molecular weight is 341 g/mol. The number of hydrogen-bond acceptors (Lipinski definition) is 5. The summed E-state index contributed by atoms with van der Waals surface area (Å²) in [5.41, 5.74) is 0.503. The molecular weight excluding hydrogens is 320 g/mol. The molecule has 23 heavy (non-hydrogen) atoms. The Balaban J connectivity index is 1.87. The molecular formula is C15H21ClN4O3. The highest BCUT2D eigenvalue weighted by molar-refractivity contribution is 6.29. The first-order valence-corrected chi connectivity index (χ1v) is 7.87. The lowest BCUT2D eigenvalue weighted by atomic mass is 10.0. The Morgan fingerprint density at radius 3 is 2.61 bits per heavy atom. The summed E-state index contributed by atoms with van der Waals surface area (Å²) in [6, 6.07) is 3.19. The fraction of sp³-hybridized carbons (Fsp3) is 0.533. The van der Waals surface area contributed by atoms with Crippen LogP contribution in [-0.4, -0.2) is 71.5 Å². The van der Waals surface area contributed by atoms with Crippen molar-refractivity contribution in [2.75, 3.05) is 45.1 Å². The third-order valence-electron chi connectivity index (χ3n) is 3.87. The molecule has 2 rings (SSSR count). The summed E-state index contributed by atoms with van der Waals surface area (Å²) in [5.74, 6) is -2.01. The molecule has 0 aromatic carbocycles. The number of nitrogens with zero attached hydrogens (tertiary/aromatic N) is 3. The van der Waals surface area contributed by atoms with Crippen molar-refractivity contribution in [2.24, 2.45) is 5.92 Å². The topological polar surface area (TPSA) is 85.8 Å². The Morgan fingerprint density at radius 2 is 2.04 bits per heavy atom. The number of carbonyl (C=O) groups is 2. The fourth-order valence-electron chi connectivity index (χ4n) is 2.46. The molecule has 1 aromatic heterocycles. The van der Waals surface area contributed by atoms with Crippen LogP contribution < -0.4 is 5.32 Å². The van der Waals surface area contributed by atoms with Crippen molar-refractivity contribution in [3.8, 4) is 0 Å². The first-order valence-electron chi connectivity index (χ1n) is 7.49. The van der Waals surface area contributed by atoms with Crippen molar-refractivity contribution in [3.05, 3.63) is 23.5 Å². The normalized spacial score (nSPS) is 17.7. The first kappa shape index (κ1) is 17.7. The number of halogens is 1. The van der Waals surface area contributed by atoms with Gasteiger partial charge in [-0.25, -0.2) is 4.98 Å². The van der Waals surface area contributed by atoms with E-state index in [-0.39, 0.29) is 12.3 Å². The van der Waals surface area contributed by atoms with E-state index in [9.17, 15) is 14.7 Å². The van der Waals surface area contributed by atoms with Crippen LogP contribution in [0.3, 0.4) is 0 Å². The maximum Gasteiger partial charge on any atom is 0.308 e. The number of carbonyl (C=O) groups excluding carboxylic acids is 1. The van der Waals surface area contributed by atoms with E-state index in [1.54, 1.807) is 12.1 Å². The van der Waals surface area contributed by atoms with Crippen LogP contribution >= 0.6 is 11.6 Å². The Labute approximate surface area is 140 Å². The molecule has 0 radical (unpaired) electrons. The van der Waals surface area contributed by atoms with E-state index in [0.717, 1.165) is 26.2 Å². The summed E-state index contributed by atoms with van der Waals surface area (Å²) in [7, 11) is 2.04. The lowest BCUT2D eigenvalue weighted by Gasteiger charge is -2.33. The molecule has 1 aromatic rings. The maximum absolute atomic E-state index is 12.0. The summed E-state index contributed by atoms with van der Waals surface area (Å²) >= 11 is 5.68. The van der Waals surface area contributed by atoms with Crippen molar-refractivity contribution >= 4 is 29.2 Å². The van der Waals surface area contributed by atoms with Gasteiger partial charge in [-0.2, -0.15) is 0 Å². The van der Waals surface area contributed by atoms with Gasteiger partial charge in [0.1, 0.15) is 5.15 Å². The van der Waals surface area contributed by atoms with Crippen LogP contribution in [0.5, 0.6) is 0 Å². The van der Waals surface area contributed by atoms with Gasteiger partial charge in [-0.1, -0.05) is 11.6 Å². The molecule has 0 aliphatic carbocycles. The summed E-state index contributed by atoms with van der Waals surface area (Å²) in [6.45, 7) is 3.85. The number of aromatic nitrogens is 1. The van der Waals surface area contributed by atoms with E-state index in [0.29, 0.717) is 17.4 Å². The van der Waals surface area contributed by atoms with Crippen molar-refractivity contribution < 1.29 is 14.7 Å². The van der Waals surface area contributed by atoms with Crippen molar-refractivity contribution in [1.29, 1.82) is 0 Å². The lowest BCUT2D eigenvalue weighted by molar-refractivity contribution is -0.144. The van der Waals surface area contributed by atoms with Crippen molar-refractivity contribution in [3.63, 3.8) is 0 Å². The van der Waals surface area contributed by atoms with Crippen molar-refractivity contribution in [2.45, 2.75) is 6.42 Å². The number of hydrogen-bond donors (Lipinski definition) is 2. The van der Waals surface area contributed by atoms with Crippen LogP contribution in [0.1, 0.15) is 6.42 Å². The monoisotopic (exact) mass is 340 g/mol. The number of aliphatic carboxylic acids is 1. The van der Waals surface area contributed by atoms with Crippen LogP contribution in [0.25, 0.3) is 0 Å². The van der Waals surface area contributed by atoms with Gasteiger partial charge in [0, 0.05) is 39.1 Å². The Morgan fingerprint density at radius 1 is 1.35 bits per heavy atom. The summed E-state index contributed by atoms with van der Waals surface area (Å²) in [6.07, 6.45) is 1.38. The van der Waals surface area contributed by atoms with Gasteiger partial charge in [-0.3, -0.25) is 14.5 Å². The zero-order valence-electron chi connectivity index (χ0n) is 13.0. The van der Waals surface area contributed by atoms with E-state index < -0.39 is 11.9 Å². The second-order valence-electron chi connectivity index (χ2n) is 5.76. The fourth-order valence-corrected chi connectivity index (χ4v) is 2.57. The number of carboxylic acids is 1. The summed E-state index contributed by atoms with van der Waals surface area (Å²) in [5, 5.41) is 12.3. The van der Waals surface area contributed by atoms with Crippen LogP contribution in [0.2, 0.25) is 5.15 Å². The first-order chi connectivity index (χ1) is 10.9. The number of carboxylic acid groups (broad SMARTS) is 1. The van der Waals surface area contributed by atoms with Crippen LogP contribution in [0, 0.1) is 5.92 Å². The van der Waals surface area contributed by atoms with Gasteiger partial charge in [0.15, 0.2) is 0 Å². The molecule has 0 spiro atoms. The second-order valence-corrected chi connectivity index (χ2v) is 6.15. The quantitative estimate of drug-likeness (QED) is 0.752. The molecule has 1 aliphatic rings. The molecule has 1 amide bonds. The molecule has 0 unspecified atom stereocenters. The highest BCUT2D eigenvalue weighted by Gasteiger charge is 2.25. The molecule has 8 heteroatoms. The number of piperazine rings is 1. The average Bonchev–Trinajstić information content (AvgIpc) is 2.51. The van der Waals surface area contributed by atoms with Crippen LogP contribution in [0.4, 0.5) is 5.69 Å². The maximum atomic E-state index is 12.0. The number of likely N-dealkylation sites (N-methyl/N-ethyl adjacent to an activating group) is 1. The largest absolute Gasteiger partial charge is 0.481 e. The van der Waals surface area contributed by atoms with Crippen molar-refractivity contribution in [1.82, 2.24) is 14.8 Å². The smallest absolute Gasteiger partial charge is 0.308 e. The molecule has 126 valence electrons. The molecule has 1 aliphatic heterocycles. The van der Waals surface area contributed by atoms with E-state index in [4.69, 9.17) is 11.6 Å². The number of amides is 1. The highest BCUT2D eigenvalue weighted by Crippen LogP contribution is 2.13. The lowest BCUT2D eigenvalue weighted by Crippen LogP contribution is -2.47. The molecule has 0 bridgehead atoms. The van der Waals surface area contributed by atoms with E-state index in [1.807, 2.05) is 7.05 Å². The molecule has 2 heterocycles. The van der Waals surface area contributed by atoms with Gasteiger partial charge in [0.25, 0.3) is 0 Å². The van der Waals surface area contributed by atoms with Crippen LogP contribution in [0.15, 0.2) is 18.3 Å². The Kier molecular flexibility index (Phi) is 6.32. The summed E-state index contributed by atoms with van der Waals surface area (Å²) < 4.78 is 0. The zero-order chi connectivity index (χ0) is 16.8. The van der Waals surface area contributed by atoms with Crippen LogP contribution in [-0.2, 0) is 9.59 Å². The predicted octanol–water partition coefficient (Wildman–Crippen LogP) is 1.01. The number of nitrogens with one attached hydrogen (secondary N) is 1. The van der Waals surface area contributed by atoms with Gasteiger partial charge < -0.3 is 15.3 Å². The highest BCUT2D eigenvalue weighted by atomic mass is 35.5. The predicted molar refractivity (Wildman–Crippen MR) is 87.6 cm³/mol. The van der Waals surface area contributed by atoms with E-state index in [2.05, 4.69) is 20.1 Å².